The number of carbonyl (C=O) groups excluding carboxylic acids is 2. The van der Waals surface area contributed by atoms with Crippen molar-refractivity contribution in [1.29, 1.82) is 0 Å². The monoisotopic (exact) mass is 478 g/mol. The predicted molar refractivity (Wildman–Crippen MR) is 133 cm³/mol. The number of rotatable bonds is 5. The van der Waals surface area contributed by atoms with Crippen molar-refractivity contribution < 1.29 is 9.59 Å². The molecule has 1 saturated heterocycles. The topological polar surface area (TPSA) is 99.3 Å². The molecule has 1 aromatic carbocycles. The first kappa shape index (κ1) is 23.8. The van der Waals surface area contributed by atoms with Crippen LogP contribution in [0.3, 0.4) is 0 Å². The summed E-state index contributed by atoms with van der Waals surface area (Å²) in [6.07, 6.45) is 4.29. The first-order valence-corrected chi connectivity index (χ1v) is 11.5. The van der Waals surface area contributed by atoms with Gasteiger partial charge >= 0.3 is 0 Å². The van der Waals surface area contributed by atoms with Crippen molar-refractivity contribution in [2.45, 2.75) is 19.4 Å². The third-order valence-corrected chi connectivity index (χ3v) is 5.88. The number of aryl methyl sites for hydroxylation is 1. The number of halogens is 1. The van der Waals surface area contributed by atoms with Crippen molar-refractivity contribution in [2.75, 3.05) is 37.3 Å². The van der Waals surface area contributed by atoms with Gasteiger partial charge in [-0.05, 0) is 69.4 Å². The SMILES string of the molecule is Cc1ccc(NC(=O)c2ccc(C3CN(C)CCCN3)cn2)c(C(=O)Nc2ccc(Cl)cn2)c1. The number of aromatic nitrogens is 2. The van der Waals surface area contributed by atoms with Gasteiger partial charge < -0.3 is 20.9 Å². The fourth-order valence-corrected chi connectivity index (χ4v) is 3.95. The van der Waals surface area contributed by atoms with Gasteiger partial charge in [-0.3, -0.25) is 14.6 Å². The van der Waals surface area contributed by atoms with Crippen LogP contribution in [0, 0.1) is 6.92 Å². The van der Waals surface area contributed by atoms with Crippen LogP contribution in [0.2, 0.25) is 5.02 Å². The summed E-state index contributed by atoms with van der Waals surface area (Å²) in [6, 6.07) is 12.3. The van der Waals surface area contributed by atoms with Gasteiger partial charge in [0.1, 0.15) is 11.5 Å². The molecule has 0 saturated carbocycles. The van der Waals surface area contributed by atoms with E-state index in [9.17, 15) is 9.59 Å². The Bertz CT molecular complexity index is 1170. The van der Waals surface area contributed by atoms with Gasteiger partial charge in [-0.1, -0.05) is 29.3 Å². The summed E-state index contributed by atoms with van der Waals surface area (Å²) in [4.78, 5) is 36.6. The molecule has 0 radical (unpaired) electrons. The van der Waals surface area contributed by atoms with Crippen LogP contribution in [0.25, 0.3) is 0 Å². The molecule has 176 valence electrons. The maximum Gasteiger partial charge on any atom is 0.274 e. The second kappa shape index (κ2) is 10.7. The van der Waals surface area contributed by atoms with E-state index in [0.717, 1.165) is 37.2 Å². The van der Waals surface area contributed by atoms with Gasteiger partial charge in [0.2, 0.25) is 0 Å². The molecule has 3 N–H and O–H groups in total. The van der Waals surface area contributed by atoms with E-state index in [1.165, 1.54) is 6.20 Å². The number of hydrogen-bond acceptors (Lipinski definition) is 6. The van der Waals surface area contributed by atoms with Gasteiger partial charge in [0, 0.05) is 25.0 Å². The van der Waals surface area contributed by atoms with E-state index < -0.39 is 0 Å². The molecule has 1 unspecified atom stereocenters. The number of anilines is 2. The highest BCUT2D eigenvalue weighted by Gasteiger charge is 2.19. The second-order valence-electron chi connectivity index (χ2n) is 8.42. The summed E-state index contributed by atoms with van der Waals surface area (Å²) in [5.74, 6) is -0.413. The lowest BCUT2D eigenvalue weighted by Crippen LogP contribution is -2.29. The molecule has 4 rings (SSSR count). The number of hydrogen-bond donors (Lipinski definition) is 3. The third kappa shape index (κ3) is 5.96. The number of pyridine rings is 2. The average Bonchev–Trinajstić information content (AvgIpc) is 3.06. The van der Waals surface area contributed by atoms with E-state index >= 15 is 0 Å². The fourth-order valence-electron chi connectivity index (χ4n) is 3.84. The Morgan fingerprint density at radius 3 is 2.65 bits per heavy atom. The first-order valence-electron chi connectivity index (χ1n) is 11.1. The molecule has 8 nitrogen and oxygen atoms in total. The van der Waals surface area contributed by atoms with Gasteiger partial charge in [-0.15, -0.1) is 0 Å². The summed E-state index contributed by atoms with van der Waals surface area (Å²) >= 11 is 5.86. The van der Waals surface area contributed by atoms with Crippen LogP contribution >= 0.6 is 11.6 Å². The predicted octanol–water partition coefficient (Wildman–Crippen LogP) is 3.91. The van der Waals surface area contributed by atoms with E-state index in [1.807, 2.05) is 19.1 Å². The highest BCUT2D eigenvalue weighted by atomic mass is 35.5. The van der Waals surface area contributed by atoms with E-state index in [2.05, 4.69) is 37.9 Å². The van der Waals surface area contributed by atoms with Crippen LogP contribution in [0.4, 0.5) is 11.5 Å². The van der Waals surface area contributed by atoms with Crippen molar-refractivity contribution in [3.63, 3.8) is 0 Å². The lowest BCUT2D eigenvalue weighted by atomic mass is 10.1. The molecule has 2 aromatic heterocycles. The largest absolute Gasteiger partial charge is 0.320 e. The van der Waals surface area contributed by atoms with Crippen molar-refractivity contribution in [2.24, 2.45) is 0 Å². The van der Waals surface area contributed by atoms with E-state index in [0.29, 0.717) is 22.1 Å². The summed E-state index contributed by atoms with van der Waals surface area (Å²) in [5.41, 5.74) is 2.91. The van der Waals surface area contributed by atoms with Crippen LogP contribution in [0.1, 0.15) is 44.4 Å². The van der Waals surface area contributed by atoms with Crippen molar-refractivity contribution in [1.82, 2.24) is 20.2 Å². The number of benzene rings is 1. The molecule has 1 aliphatic heterocycles. The number of amides is 2. The molecule has 9 heteroatoms. The van der Waals surface area contributed by atoms with Crippen molar-refractivity contribution >= 4 is 34.9 Å². The third-order valence-electron chi connectivity index (χ3n) is 5.66. The minimum absolute atomic E-state index is 0.172. The normalized spacial score (nSPS) is 16.5. The molecule has 2 amide bonds. The maximum atomic E-state index is 12.9. The van der Waals surface area contributed by atoms with Crippen LogP contribution < -0.4 is 16.0 Å². The number of likely N-dealkylation sites (N-methyl/N-ethyl adjacent to an activating group) is 1. The number of nitrogens with one attached hydrogen (secondary N) is 3. The van der Waals surface area contributed by atoms with Crippen molar-refractivity contribution in [3.05, 3.63) is 82.3 Å². The van der Waals surface area contributed by atoms with Gasteiger partial charge in [-0.2, -0.15) is 0 Å². The fraction of sp³-hybridized carbons (Fsp3) is 0.280. The van der Waals surface area contributed by atoms with Gasteiger partial charge in [0.05, 0.1) is 16.3 Å². The molecule has 3 aromatic rings. The molecule has 1 aliphatic rings. The average molecular weight is 479 g/mol. The van der Waals surface area contributed by atoms with E-state index in [-0.39, 0.29) is 23.6 Å². The molecular weight excluding hydrogens is 452 g/mol. The summed E-state index contributed by atoms with van der Waals surface area (Å²) < 4.78 is 0. The van der Waals surface area contributed by atoms with Crippen molar-refractivity contribution in [3.8, 4) is 0 Å². The Balaban J connectivity index is 1.48. The minimum Gasteiger partial charge on any atom is -0.320 e. The first-order chi connectivity index (χ1) is 16.4. The van der Waals surface area contributed by atoms with Gasteiger partial charge in [0.15, 0.2) is 0 Å². The highest BCUT2D eigenvalue weighted by molar-refractivity contribution is 6.30. The Hall–Kier alpha value is -3.33. The lowest BCUT2D eigenvalue weighted by molar-refractivity contribution is 0.102. The molecule has 34 heavy (non-hydrogen) atoms. The zero-order chi connectivity index (χ0) is 24.1. The lowest BCUT2D eigenvalue weighted by Gasteiger charge is -2.20. The van der Waals surface area contributed by atoms with Crippen LogP contribution in [-0.4, -0.2) is 53.4 Å². The molecule has 0 spiro atoms. The zero-order valence-corrected chi connectivity index (χ0v) is 19.9. The maximum absolute atomic E-state index is 12.9. The minimum atomic E-state index is -0.389. The van der Waals surface area contributed by atoms with Crippen LogP contribution in [-0.2, 0) is 0 Å². The van der Waals surface area contributed by atoms with E-state index in [1.54, 1.807) is 36.5 Å². The molecule has 1 fully saturated rings. The smallest absolute Gasteiger partial charge is 0.274 e. The molecular formula is C25H27ClN6O2. The summed E-state index contributed by atoms with van der Waals surface area (Å²) in [6.45, 7) is 4.76. The Morgan fingerprint density at radius 2 is 1.91 bits per heavy atom. The molecule has 1 atom stereocenters. The number of nitrogens with zero attached hydrogens (tertiary/aromatic N) is 3. The molecule has 0 bridgehead atoms. The van der Waals surface area contributed by atoms with E-state index in [4.69, 9.17) is 11.6 Å². The van der Waals surface area contributed by atoms with Gasteiger partial charge in [0.25, 0.3) is 11.8 Å². The summed E-state index contributed by atoms with van der Waals surface area (Å²) in [7, 11) is 2.10. The number of carbonyl (C=O) groups is 2. The van der Waals surface area contributed by atoms with Gasteiger partial charge in [-0.25, -0.2) is 4.98 Å². The Labute approximate surface area is 203 Å². The standard InChI is InChI=1S/C25H27ClN6O2/c1-16-4-7-20(19(12-16)24(33)31-23-9-6-18(26)14-29-23)30-25(34)21-8-5-17(13-28-21)22-15-32(2)11-3-10-27-22/h4-9,12-14,22,27H,3,10-11,15H2,1-2H3,(H,30,34)(H,29,31,33). The quantitative estimate of drug-likeness (QED) is 0.514. The van der Waals surface area contributed by atoms with Crippen LogP contribution in [0.5, 0.6) is 0 Å². The Kier molecular flexibility index (Phi) is 7.52. The molecule has 3 heterocycles. The molecule has 0 aliphatic carbocycles. The summed E-state index contributed by atoms with van der Waals surface area (Å²) in [5, 5.41) is 9.55. The highest BCUT2D eigenvalue weighted by Crippen LogP contribution is 2.21. The second-order valence-corrected chi connectivity index (χ2v) is 8.85. The Morgan fingerprint density at radius 1 is 1.06 bits per heavy atom. The van der Waals surface area contributed by atoms with Crippen LogP contribution in [0.15, 0.2) is 54.9 Å². The zero-order valence-electron chi connectivity index (χ0n) is 19.1.